The number of nitrogens with zero attached hydrogens (tertiary/aromatic N) is 4. The summed E-state index contributed by atoms with van der Waals surface area (Å²) in [4.78, 5) is 20.1. The number of fused-ring (bicyclic) bond motifs is 1. The Morgan fingerprint density at radius 3 is 2.66 bits per heavy atom. The molecule has 0 bridgehead atoms. The molecule has 1 atom stereocenters. The molecular weight excluding hydrogens is 438 g/mol. The summed E-state index contributed by atoms with van der Waals surface area (Å²) in [6.45, 7) is 5.71. The van der Waals surface area contributed by atoms with Crippen molar-refractivity contribution in [2.45, 2.75) is 32.4 Å². The summed E-state index contributed by atoms with van der Waals surface area (Å²) in [5.74, 6) is 1.29. The van der Waals surface area contributed by atoms with Crippen LogP contribution in [0.2, 0.25) is 0 Å². The molecule has 7 nitrogen and oxygen atoms in total. The van der Waals surface area contributed by atoms with E-state index in [1.54, 1.807) is 19.5 Å². The Labute approximate surface area is 205 Å². The first-order chi connectivity index (χ1) is 17.0. The predicted molar refractivity (Wildman–Crippen MR) is 137 cm³/mol. The lowest BCUT2D eigenvalue weighted by Crippen LogP contribution is -2.22. The maximum absolute atomic E-state index is 13.1. The number of ether oxygens (including phenoxy) is 1. The molecule has 0 spiro atoms. The Kier molecular flexibility index (Phi) is 6.23. The number of aromatic nitrogens is 3. The zero-order chi connectivity index (χ0) is 24.4. The van der Waals surface area contributed by atoms with Gasteiger partial charge >= 0.3 is 0 Å². The van der Waals surface area contributed by atoms with E-state index >= 15 is 0 Å². The third-order valence-electron chi connectivity index (χ3n) is 6.32. The normalized spacial score (nSPS) is 14.7. The number of benzene rings is 3. The fourth-order valence-electron chi connectivity index (χ4n) is 4.45. The van der Waals surface area contributed by atoms with Crippen molar-refractivity contribution in [3.8, 4) is 5.75 Å². The van der Waals surface area contributed by atoms with Gasteiger partial charge < -0.3 is 15.0 Å². The van der Waals surface area contributed by atoms with E-state index in [0.29, 0.717) is 17.0 Å². The molecule has 1 aliphatic heterocycles. The van der Waals surface area contributed by atoms with Crippen molar-refractivity contribution in [1.82, 2.24) is 14.8 Å². The Bertz CT molecular complexity index is 1330. The van der Waals surface area contributed by atoms with Gasteiger partial charge in [-0.2, -0.15) is 5.10 Å². The number of carbonyl (C=O) groups is 1. The molecule has 0 aliphatic carbocycles. The molecule has 3 aromatic carbocycles. The van der Waals surface area contributed by atoms with Crippen molar-refractivity contribution in [2.75, 3.05) is 23.9 Å². The van der Waals surface area contributed by atoms with Gasteiger partial charge in [-0.1, -0.05) is 36.4 Å². The molecule has 1 aromatic heterocycles. The van der Waals surface area contributed by atoms with Crippen molar-refractivity contribution in [3.05, 3.63) is 102 Å². The van der Waals surface area contributed by atoms with E-state index < -0.39 is 0 Å². The van der Waals surface area contributed by atoms with Crippen molar-refractivity contribution < 1.29 is 9.53 Å². The largest absolute Gasteiger partial charge is 0.497 e. The number of rotatable bonds is 7. The molecule has 2 heterocycles. The van der Waals surface area contributed by atoms with E-state index in [4.69, 9.17) is 9.84 Å². The molecule has 0 fully saturated rings. The van der Waals surface area contributed by atoms with Gasteiger partial charge in [-0.25, -0.2) is 4.98 Å². The molecule has 4 aromatic rings. The average Bonchev–Trinajstić information content (AvgIpc) is 3.50. The molecule has 5 rings (SSSR count). The molecule has 1 N–H and O–H groups in total. The standard InChI is InChI=1S/C28H29N5O2/c1-19(2)33-18-29-27(31-33)25-17-32(16-20-8-5-4-6-9-20)26-13-12-21(14-24(25)26)28(34)30-22-10-7-11-23(15-22)35-3/h4-15,18-19,25H,16-17H2,1-3H3,(H,30,34)/t25-/m0/s1. The molecule has 0 saturated carbocycles. The third-order valence-corrected chi connectivity index (χ3v) is 6.32. The van der Waals surface area contributed by atoms with E-state index in [9.17, 15) is 4.79 Å². The second-order valence-electron chi connectivity index (χ2n) is 9.05. The lowest BCUT2D eigenvalue weighted by molar-refractivity contribution is 0.102. The highest BCUT2D eigenvalue weighted by molar-refractivity contribution is 6.04. The molecule has 178 valence electrons. The predicted octanol–water partition coefficient (Wildman–Crippen LogP) is 5.27. The average molecular weight is 468 g/mol. The molecule has 7 heteroatoms. The minimum absolute atomic E-state index is 0.0155. The number of hydrogen-bond donors (Lipinski definition) is 1. The van der Waals surface area contributed by atoms with Gasteiger partial charge in [-0.3, -0.25) is 9.48 Å². The van der Waals surface area contributed by atoms with Crippen LogP contribution in [0.5, 0.6) is 5.75 Å². The van der Waals surface area contributed by atoms with Crippen LogP contribution in [0.25, 0.3) is 0 Å². The van der Waals surface area contributed by atoms with Gasteiger partial charge in [-0.05, 0) is 55.3 Å². The van der Waals surface area contributed by atoms with Gasteiger partial charge in [0.15, 0.2) is 5.82 Å². The molecule has 1 aliphatic rings. The van der Waals surface area contributed by atoms with Crippen LogP contribution in [0.1, 0.15) is 53.1 Å². The van der Waals surface area contributed by atoms with E-state index in [1.807, 2.05) is 47.1 Å². The first-order valence-electron chi connectivity index (χ1n) is 11.8. The van der Waals surface area contributed by atoms with Crippen LogP contribution in [-0.2, 0) is 6.54 Å². The smallest absolute Gasteiger partial charge is 0.255 e. The number of hydrogen-bond acceptors (Lipinski definition) is 5. The van der Waals surface area contributed by atoms with Crippen LogP contribution in [0, 0.1) is 0 Å². The van der Waals surface area contributed by atoms with Crippen LogP contribution in [0.3, 0.4) is 0 Å². The van der Waals surface area contributed by atoms with Crippen LogP contribution in [-0.4, -0.2) is 34.3 Å². The molecule has 0 radical (unpaired) electrons. The summed E-state index contributed by atoms with van der Waals surface area (Å²) in [5, 5.41) is 7.74. The summed E-state index contributed by atoms with van der Waals surface area (Å²) >= 11 is 0. The first-order valence-corrected chi connectivity index (χ1v) is 11.8. The molecule has 1 amide bonds. The van der Waals surface area contributed by atoms with E-state index in [2.05, 4.69) is 53.3 Å². The van der Waals surface area contributed by atoms with Gasteiger partial charge in [-0.15, -0.1) is 0 Å². The number of anilines is 2. The van der Waals surface area contributed by atoms with E-state index in [1.165, 1.54) is 5.56 Å². The molecule has 35 heavy (non-hydrogen) atoms. The molecule has 0 unspecified atom stereocenters. The Morgan fingerprint density at radius 1 is 1.09 bits per heavy atom. The van der Waals surface area contributed by atoms with Crippen LogP contribution >= 0.6 is 0 Å². The minimum atomic E-state index is -0.165. The van der Waals surface area contributed by atoms with Gasteiger partial charge in [0.25, 0.3) is 5.91 Å². The lowest BCUT2D eigenvalue weighted by atomic mass is 9.98. The van der Waals surface area contributed by atoms with Crippen LogP contribution in [0.4, 0.5) is 11.4 Å². The van der Waals surface area contributed by atoms with Crippen molar-refractivity contribution in [3.63, 3.8) is 0 Å². The van der Waals surface area contributed by atoms with Crippen molar-refractivity contribution >= 4 is 17.3 Å². The Hall–Kier alpha value is -4.13. The number of carbonyl (C=O) groups excluding carboxylic acids is 1. The summed E-state index contributed by atoms with van der Waals surface area (Å²) in [6, 6.07) is 23.9. The monoisotopic (exact) mass is 467 g/mol. The first kappa shape index (κ1) is 22.7. The highest BCUT2D eigenvalue weighted by Gasteiger charge is 2.33. The fourth-order valence-corrected chi connectivity index (χ4v) is 4.45. The maximum atomic E-state index is 13.1. The number of methoxy groups -OCH3 is 1. The topological polar surface area (TPSA) is 72.3 Å². The minimum Gasteiger partial charge on any atom is -0.497 e. The zero-order valence-corrected chi connectivity index (χ0v) is 20.2. The Balaban J connectivity index is 1.47. The fraction of sp³-hybridized carbons (Fsp3) is 0.250. The van der Waals surface area contributed by atoms with Gasteiger partial charge in [0.1, 0.15) is 12.1 Å². The SMILES string of the molecule is COc1cccc(NC(=O)c2ccc3c(c2)[C@@H](c2ncn(C(C)C)n2)CN3Cc2ccccc2)c1. The zero-order valence-electron chi connectivity index (χ0n) is 20.2. The summed E-state index contributed by atoms with van der Waals surface area (Å²) in [7, 11) is 1.61. The number of amides is 1. The highest BCUT2D eigenvalue weighted by Crippen LogP contribution is 2.40. The second-order valence-corrected chi connectivity index (χ2v) is 9.05. The highest BCUT2D eigenvalue weighted by atomic mass is 16.5. The summed E-state index contributed by atoms with van der Waals surface area (Å²) < 4.78 is 7.16. The van der Waals surface area contributed by atoms with Crippen molar-refractivity contribution in [2.24, 2.45) is 0 Å². The maximum Gasteiger partial charge on any atom is 0.255 e. The van der Waals surface area contributed by atoms with Crippen LogP contribution < -0.4 is 15.0 Å². The number of nitrogens with one attached hydrogen (secondary N) is 1. The summed E-state index contributed by atoms with van der Waals surface area (Å²) in [6.07, 6.45) is 1.79. The summed E-state index contributed by atoms with van der Waals surface area (Å²) in [5.41, 5.74) is 4.70. The second kappa shape index (κ2) is 9.62. The quantitative estimate of drug-likeness (QED) is 0.401. The van der Waals surface area contributed by atoms with Gasteiger partial charge in [0.2, 0.25) is 0 Å². The Morgan fingerprint density at radius 2 is 1.91 bits per heavy atom. The van der Waals surface area contributed by atoms with E-state index in [-0.39, 0.29) is 17.9 Å². The van der Waals surface area contributed by atoms with Gasteiger partial charge in [0.05, 0.1) is 13.0 Å². The van der Waals surface area contributed by atoms with Crippen molar-refractivity contribution in [1.29, 1.82) is 0 Å². The third kappa shape index (κ3) is 4.75. The molecular formula is C28H29N5O2. The molecule has 0 saturated heterocycles. The van der Waals surface area contributed by atoms with Crippen LogP contribution in [0.15, 0.2) is 79.1 Å². The lowest BCUT2D eigenvalue weighted by Gasteiger charge is -2.20. The van der Waals surface area contributed by atoms with E-state index in [0.717, 1.165) is 30.2 Å². The van der Waals surface area contributed by atoms with Gasteiger partial charge in [0, 0.05) is 42.1 Å².